The molecule has 1 N–H and O–H groups in total. The van der Waals surface area contributed by atoms with Crippen LogP contribution in [0, 0.1) is 0 Å². The molecule has 0 radical (unpaired) electrons. The number of hydrogen-bond donors (Lipinski definition) is 1. The third-order valence-corrected chi connectivity index (χ3v) is 7.34. The van der Waals surface area contributed by atoms with Crippen LogP contribution >= 0.6 is 22.9 Å². The minimum atomic E-state index is -1.04. The fourth-order valence-electron chi connectivity index (χ4n) is 4.30. The molecular weight excluding hydrogens is 528 g/mol. The maximum atomic E-state index is 13.7. The zero-order valence-corrected chi connectivity index (χ0v) is 21.9. The van der Waals surface area contributed by atoms with Crippen LogP contribution in [0.3, 0.4) is 0 Å². The van der Waals surface area contributed by atoms with Crippen LogP contribution in [0.25, 0.3) is 17.4 Å². The summed E-state index contributed by atoms with van der Waals surface area (Å²) in [6.07, 6.45) is 1.60. The van der Waals surface area contributed by atoms with Gasteiger partial charge in [-0.05, 0) is 49.7 Å². The summed E-state index contributed by atoms with van der Waals surface area (Å²) in [6.45, 7) is 3.59. The van der Waals surface area contributed by atoms with Gasteiger partial charge in [-0.25, -0.2) is 14.6 Å². The van der Waals surface area contributed by atoms with E-state index in [-0.39, 0.29) is 23.3 Å². The van der Waals surface area contributed by atoms with Crippen molar-refractivity contribution in [3.05, 3.63) is 114 Å². The van der Waals surface area contributed by atoms with Gasteiger partial charge in [0, 0.05) is 16.7 Å². The third-order valence-electron chi connectivity index (χ3n) is 6.01. The third kappa shape index (κ3) is 4.62. The highest BCUT2D eigenvalue weighted by Gasteiger charge is 2.34. The highest BCUT2D eigenvalue weighted by molar-refractivity contribution is 7.07. The average Bonchev–Trinajstić information content (AvgIpc) is 3.48. The lowest BCUT2D eigenvalue weighted by atomic mass is 9.96. The first-order chi connectivity index (χ1) is 18.3. The van der Waals surface area contributed by atoms with E-state index in [0.29, 0.717) is 42.7 Å². The second-order valence-corrected chi connectivity index (χ2v) is 9.83. The molecule has 0 saturated heterocycles. The fourth-order valence-corrected chi connectivity index (χ4v) is 5.57. The molecule has 0 saturated carbocycles. The van der Waals surface area contributed by atoms with Crippen molar-refractivity contribution in [1.82, 2.24) is 4.57 Å². The highest BCUT2D eigenvalue weighted by Crippen LogP contribution is 2.34. The molecule has 0 spiro atoms. The second-order valence-electron chi connectivity index (χ2n) is 8.41. The zero-order chi connectivity index (χ0) is 27.0. The van der Waals surface area contributed by atoms with Gasteiger partial charge in [-0.15, -0.1) is 0 Å². The number of ether oxygens (including phenoxy) is 1. The number of aromatic nitrogens is 1. The molecule has 0 amide bonds. The number of rotatable bonds is 6. The van der Waals surface area contributed by atoms with Gasteiger partial charge >= 0.3 is 11.9 Å². The van der Waals surface area contributed by atoms with Crippen LogP contribution < -0.4 is 14.9 Å². The number of furan rings is 1. The van der Waals surface area contributed by atoms with E-state index in [1.165, 1.54) is 16.7 Å². The summed E-state index contributed by atoms with van der Waals surface area (Å²) >= 11 is 7.69. The summed E-state index contributed by atoms with van der Waals surface area (Å²) in [7, 11) is 0. The number of carbonyl (C=O) groups excluding carboxylic acids is 1. The number of allylic oxidation sites excluding steroid dienone is 1. The standard InChI is InChI=1S/C28H21ClN2O6S/c1-3-36-27(35)23-15(2)30-28-31(24(23)19-9-4-5-10-20(19)29)25(32)22(38-28)14-18-11-12-21(37-18)16-7-6-8-17(13-16)26(33)34/h4-14,24H,3H2,1-2H3,(H,33,34). The van der Waals surface area contributed by atoms with Gasteiger partial charge in [0.2, 0.25) is 0 Å². The predicted octanol–water partition coefficient (Wildman–Crippen LogP) is 4.41. The number of halogens is 1. The Morgan fingerprint density at radius 3 is 2.71 bits per heavy atom. The number of thiazole rings is 1. The molecule has 4 aromatic rings. The monoisotopic (exact) mass is 548 g/mol. The summed E-state index contributed by atoms with van der Waals surface area (Å²) in [6, 6.07) is 16.0. The Hall–Kier alpha value is -4.21. The Bertz CT molecular complexity index is 1800. The number of hydrogen-bond acceptors (Lipinski definition) is 7. The molecule has 2 aromatic heterocycles. The molecule has 0 aliphatic carbocycles. The summed E-state index contributed by atoms with van der Waals surface area (Å²) in [4.78, 5) is 43.0. The molecule has 0 fully saturated rings. The van der Waals surface area contributed by atoms with E-state index < -0.39 is 18.0 Å². The van der Waals surface area contributed by atoms with Crippen LogP contribution in [-0.4, -0.2) is 28.2 Å². The quantitative estimate of drug-likeness (QED) is 0.357. The Balaban J connectivity index is 1.63. The summed E-state index contributed by atoms with van der Waals surface area (Å²) in [5.41, 5.74) is 1.65. The molecule has 3 heterocycles. The van der Waals surface area contributed by atoms with Crippen molar-refractivity contribution in [1.29, 1.82) is 0 Å². The van der Waals surface area contributed by atoms with Crippen LogP contribution in [0.5, 0.6) is 0 Å². The smallest absolute Gasteiger partial charge is 0.338 e. The van der Waals surface area contributed by atoms with E-state index >= 15 is 0 Å². The van der Waals surface area contributed by atoms with E-state index in [2.05, 4.69) is 4.99 Å². The molecule has 5 rings (SSSR count). The van der Waals surface area contributed by atoms with Crippen molar-refractivity contribution in [3.8, 4) is 11.3 Å². The molecule has 1 aliphatic heterocycles. The fraction of sp³-hybridized carbons (Fsp3) is 0.143. The van der Waals surface area contributed by atoms with E-state index in [0.717, 1.165) is 11.3 Å². The molecule has 8 nitrogen and oxygen atoms in total. The van der Waals surface area contributed by atoms with Crippen LogP contribution in [-0.2, 0) is 9.53 Å². The Morgan fingerprint density at radius 1 is 1.18 bits per heavy atom. The van der Waals surface area contributed by atoms with Gasteiger partial charge in [0.1, 0.15) is 17.6 Å². The number of carboxylic acids is 1. The van der Waals surface area contributed by atoms with Gasteiger partial charge in [-0.1, -0.05) is 53.3 Å². The second kappa shape index (κ2) is 10.3. The number of esters is 1. The molecule has 1 unspecified atom stereocenters. The van der Waals surface area contributed by atoms with Gasteiger partial charge in [0.15, 0.2) is 4.80 Å². The Kier molecular flexibility index (Phi) is 6.88. The first-order valence-electron chi connectivity index (χ1n) is 11.7. The Morgan fingerprint density at radius 2 is 1.97 bits per heavy atom. The molecule has 192 valence electrons. The van der Waals surface area contributed by atoms with Crippen molar-refractivity contribution < 1.29 is 23.8 Å². The highest BCUT2D eigenvalue weighted by atomic mass is 35.5. The molecular formula is C28H21ClN2O6S. The largest absolute Gasteiger partial charge is 0.478 e. The molecule has 1 atom stereocenters. The SMILES string of the molecule is CCOC(=O)C1=C(C)N=c2sc(=Cc3ccc(-c4cccc(C(=O)O)c4)o3)c(=O)n2C1c1ccccc1Cl. The summed E-state index contributed by atoms with van der Waals surface area (Å²) < 4.78 is 13.0. The van der Waals surface area contributed by atoms with Crippen molar-refractivity contribution in [2.75, 3.05) is 6.61 Å². The topological polar surface area (TPSA) is 111 Å². The van der Waals surface area contributed by atoms with Gasteiger partial charge < -0.3 is 14.3 Å². The summed E-state index contributed by atoms with van der Waals surface area (Å²) in [5.74, 6) is -0.736. The Labute approximate surface area is 225 Å². The van der Waals surface area contributed by atoms with Gasteiger partial charge in [0.05, 0.1) is 28.0 Å². The maximum absolute atomic E-state index is 13.7. The molecule has 2 aromatic carbocycles. The van der Waals surface area contributed by atoms with E-state index in [9.17, 15) is 19.5 Å². The van der Waals surface area contributed by atoms with Crippen molar-refractivity contribution in [3.63, 3.8) is 0 Å². The number of nitrogens with zero attached hydrogens (tertiary/aromatic N) is 2. The van der Waals surface area contributed by atoms with E-state index in [1.54, 1.807) is 68.5 Å². The first kappa shape index (κ1) is 25.4. The molecule has 10 heteroatoms. The summed E-state index contributed by atoms with van der Waals surface area (Å²) in [5, 5.41) is 9.67. The normalized spacial score (nSPS) is 15.2. The van der Waals surface area contributed by atoms with Crippen LogP contribution in [0.4, 0.5) is 0 Å². The van der Waals surface area contributed by atoms with E-state index in [1.807, 2.05) is 0 Å². The number of carbonyl (C=O) groups is 2. The van der Waals surface area contributed by atoms with Crippen LogP contribution in [0.2, 0.25) is 5.02 Å². The van der Waals surface area contributed by atoms with Crippen molar-refractivity contribution in [2.24, 2.45) is 4.99 Å². The lowest BCUT2D eigenvalue weighted by Gasteiger charge is -2.25. The number of fused-ring (bicyclic) bond motifs is 1. The van der Waals surface area contributed by atoms with Crippen LogP contribution in [0.15, 0.2) is 86.1 Å². The van der Waals surface area contributed by atoms with Gasteiger partial charge in [-0.2, -0.15) is 0 Å². The van der Waals surface area contributed by atoms with Gasteiger partial charge in [0.25, 0.3) is 5.56 Å². The zero-order valence-electron chi connectivity index (χ0n) is 20.3. The lowest BCUT2D eigenvalue weighted by Crippen LogP contribution is -2.40. The van der Waals surface area contributed by atoms with Crippen LogP contribution in [0.1, 0.15) is 41.6 Å². The minimum absolute atomic E-state index is 0.140. The number of carboxylic acid groups (broad SMARTS) is 1. The predicted molar refractivity (Wildman–Crippen MR) is 143 cm³/mol. The average molecular weight is 549 g/mol. The van der Waals surface area contributed by atoms with Crippen molar-refractivity contribution >= 4 is 41.0 Å². The first-order valence-corrected chi connectivity index (χ1v) is 12.9. The molecule has 0 bridgehead atoms. The number of benzene rings is 2. The molecule has 38 heavy (non-hydrogen) atoms. The number of aromatic carboxylic acids is 1. The van der Waals surface area contributed by atoms with E-state index in [4.69, 9.17) is 20.8 Å². The van der Waals surface area contributed by atoms with Gasteiger partial charge in [-0.3, -0.25) is 9.36 Å². The molecule has 1 aliphatic rings. The maximum Gasteiger partial charge on any atom is 0.338 e. The lowest BCUT2D eigenvalue weighted by molar-refractivity contribution is -0.139. The van der Waals surface area contributed by atoms with Crippen molar-refractivity contribution in [2.45, 2.75) is 19.9 Å². The minimum Gasteiger partial charge on any atom is -0.478 e.